The molecule has 0 radical (unpaired) electrons. The molecule has 0 bridgehead atoms. The third-order valence-electron chi connectivity index (χ3n) is 1.79. The zero-order valence-electron chi connectivity index (χ0n) is 9.99. The first-order chi connectivity index (χ1) is 8.02. The minimum atomic E-state index is -0.644. The van der Waals surface area contributed by atoms with E-state index in [1.807, 2.05) is 13.8 Å². The number of anilines is 1. The van der Waals surface area contributed by atoms with Gasteiger partial charge < -0.3 is 9.47 Å². The second-order valence-corrected chi connectivity index (χ2v) is 3.83. The molecule has 1 rings (SSSR count). The molecule has 0 atom stereocenters. The SMILES string of the molecule is COc1ncc(NC(=O)OCC(C)C)cc1F. The Labute approximate surface area is 98.9 Å². The van der Waals surface area contributed by atoms with Crippen LogP contribution >= 0.6 is 0 Å². The second kappa shape index (κ2) is 6.03. The lowest BCUT2D eigenvalue weighted by Crippen LogP contribution is -2.16. The summed E-state index contributed by atoms with van der Waals surface area (Å²) in [5.41, 5.74) is 0.219. The lowest BCUT2D eigenvalue weighted by molar-refractivity contribution is 0.147. The number of nitrogens with one attached hydrogen (secondary N) is 1. The molecule has 0 aliphatic carbocycles. The molecule has 0 unspecified atom stereocenters. The number of ether oxygens (including phenoxy) is 2. The fraction of sp³-hybridized carbons (Fsp3) is 0.455. The van der Waals surface area contributed by atoms with Crippen molar-refractivity contribution in [2.45, 2.75) is 13.8 Å². The van der Waals surface area contributed by atoms with E-state index in [9.17, 15) is 9.18 Å². The van der Waals surface area contributed by atoms with Gasteiger partial charge in [0, 0.05) is 6.07 Å². The number of hydrogen-bond donors (Lipinski definition) is 1. The van der Waals surface area contributed by atoms with E-state index in [1.54, 1.807) is 0 Å². The molecule has 94 valence electrons. The number of carbonyl (C=O) groups excluding carboxylic acids is 1. The van der Waals surface area contributed by atoms with Crippen molar-refractivity contribution in [2.75, 3.05) is 19.0 Å². The number of carbonyl (C=O) groups is 1. The molecule has 0 spiro atoms. The van der Waals surface area contributed by atoms with Gasteiger partial charge in [0.2, 0.25) is 5.88 Å². The molecule has 0 aromatic carbocycles. The maximum absolute atomic E-state index is 13.2. The fourth-order valence-corrected chi connectivity index (χ4v) is 1.04. The fourth-order valence-electron chi connectivity index (χ4n) is 1.04. The van der Waals surface area contributed by atoms with Crippen molar-refractivity contribution in [2.24, 2.45) is 5.92 Å². The van der Waals surface area contributed by atoms with Gasteiger partial charge in [-0.1, -0.05) is 13.8 Å². The van der Waals surface area contributed by atoms with E-state index >= 15 is 0 Å². The first-order valence-electron chi connectivity index (χ1n) is 5.16. The van der Waals surface area contributed by atoms with E-state index < -0.39 is 11.9 Å². The highest BCUT2D eigenvalue weighted by Gasteiger charge is 2.08. The Kier molecular flexibility index (Phi) is 4.68. The predicted octanol–water partition coefficient (Wildman–Crippen LogP) is 2.43. The molecule has 1 aromatic rings. The standard InChI is InChI=1S/C11H15FN2O3/c1-7(2)6-17-11(15)14-8-4-9(12)10(16-3)13-5-8/h4-5,7H,6H2,1-3H3,(H,14,15). The van der Waals surface area contributed by atoms with Gasteiger partial charge in [0.25, 0.3) is 0 Å². The number of methoxy groups -OCH3 is 1. The number of halogens is 1. The van der Waals surface area contributed by atoms with Gasteiger partial charge in [0.1, 0.15) is 0 Å². The maximum atomic E-state index is 13.2. The Morgan fingerprint density at radius 1 is 1.59 bits per heavy atom. The van der Waals surface area contributed by atoms with E-state index in [0.29, 0.717) is 6.61 Å². The Bertz CT molecular complexity index is 396. The average Bonchev–Trinajstić information content (AvgIpc) is 2.26. The molecule has 0 aliphatic heterocycles. The first kappa shape index (κ1) is 13.2. The van der Waals surface area contributed by atoms with Crippen LogP contribution in [0.3, 0.4) is 0 Å². The molecular formula is C11H15FN2O3. The van der Waals surface area contributed by atoms with Crippen LogP contribution in [-0.2, 0) is 4.74 Å². The monoisotopic (exact) mass is 242 g/mol. The number of aromatic nitrogens is 1. The van der Waals surface area contributed by atoms with E-state index in [0.717, 1.165) is 6.07 Å². The van der Waals surface area contributed by atoms with Crippen LogP contribution in [0.2, 0.25) is 0 Å². The molecule has 0 saturated heterocycles. The van der Waals surface area contributed by atoms with E-state index in [2.05, 4.69) is 15.0 Å². The molecule has 1 aromatic heterocycles. The predicted molar refractivity (Wildman–Crippen MR) is 60.6 cm³/mol. The van der Waals surface area contributed by atoms with Gasteiger partial charge in [-0.2, -0.15) is 0 Å². The zero-order valence-corrected chi connectivity index (χ0v) is 9.99. The molecule has 1 amide bonds. The van der Waals surface area contributed by atoms with Gasteiger partial charge in [0.05, 0.1) is 25.6 Å². The van der Waals surface area contributed by atoms with Crippen molar-refractivity contribution >= 4 is 11.8 Å². The Morgan fingerprint density at radius 2 is 2.29 bits per heavy atom. The molecule has 1 heterocycles. The lowest BCUT2D eigenvalue weighted by atomic mass is 10.2. The third-order valence-corrected chi connectivity index (χ3v) is 1.79. The highest BCUT2D eigenvalue weighted by Crippen LogP contribution is 2.17. The molecule has 0 fully saturated rings. The largest absolute Gasteiger partial charge is 0.479 e. The topological polar surface area (TPSA) is 60.5 Å². The third kappa shape index (κ3) is 4.26. The van der Waals surface area contributed by atoms with Crippen LogP contribution in [0.5, 0.6) is 5.88 Å². The van der Waals surface area contributed by atoms with Gasteiger partial charge in [-0.05, 0) is 5.92 Å². The smallest absolute Gasteiger partial charge is 0.411 e. The molecule has 5 nitrogen and oxygen atoms in total. The summed E-state index contributed by atoms with van der Waals surface area (Å²) in [7, 11) is 1.31. The van der Waals surface area contributed by atoms with Gasteiger partial charge in [0.15, 0.2) is 5.82 Å². The van der Waals surface area contributed by atoms with Crippen LogP contribution in [0.1, 0.15) is 13.8 Å². The van der Waals surface area contributed by atoms with Gasteiger partial charge >= 0.3 is 6.09 Å². The van der Waals surface area contributed by atoms with E-state index in [4.69, 9.17) is 4.74 Å². The number of hydrogen-bond acceptors (Lipinski definition) is 4. The maximum Gasteiger partial charge on any atom is 0.411 e. The molecular weight excluding hydrogens is 227 g/mol. The van der Waals surface area contributed by atoms with Crippen molar-refractivity contribution in [3.63, 3.8) is 0 Å². The first-order valence-corrected chi connectivity index (χ1v) is 5.16. The molecule has 0 aliphatic rings. The van der Waals surface area contributed by atoms with Crippen LogP contribution in [0, 0.1) is 11.7 Å². The van der Waals surface area contributed by atoms with Crippen LogP contribution in [0.15, 0.2) is 12.3 Å². The Morgan fingerprint density at radius 3 is 2.82 bits per heavy atom. The van der Waals surface area contributed by atoms with Gasteiger partial charge in [-0.25, -0.2) is 14.2 Å². The lowest BCUT2D eigenvalue weighted by Gasteiger charge is -2.09. The highest BCUT2D eigenvalue weighted by molar-refractivity contribution is 5.84. The summed E-state index contributed by atoms with van der Waals surface area (Å²) in [4.78, 5) is 14.9. The van der Waals surface area contributed by atoms with Crippen LogP contribution in [-0.4, -0.2) is 24.8 Å². The Hall–Kier alpha value is -1.85. The summed E-state index contributed by atoms with van der Waals surface area (Å²) < 4.78 is 22.8. The quantitative estimate of drug-likeness (QED) is 0.880. The van der Waals surface area contributed by atoms with Crippen molar-refractivity contribution in [1.82, 2.24) is 4.98 Å². The minimum absolute atomic E-state index is 0.119. The van der Waals surface area contributed by atoms with E-state index in [-0.39, 0.29) is 17.5 Å². The number of rotatable bonds is 4. The average molecular weight is 242 g/mol. The van der Waals surface area contributed by atoms with Crippen LogP contribution in [0.4, 0.5) is 14.9 Å². The number of pyridine rings is 1. The summed E-state index contributed by atoms with van der Waals surface area (Å²) in [5.74, 6) is -0.522. The summed E-state index contributed by atoms with van der Waals surface area (Å²) >= 11 is 0. The van der Waals surface area contributed by atoms with Crippen molar-refractivity contribution in [3.05, 3.63) is 18.1 Å². The van der Waals surface area contributed by atoms with E-state index in [1.165, 1.54) is 13.3 Å². The number of amides is 1. The Balaban J connectivity index is 2.57. The zero-order chi connectivity index (χ0) is 12.8. The summed E-state index contributed by atoms with van der Waals surface area (Å²) in [5, 5.41) is 2.37. The van der Waals surface area contributed by atoms with Crippen LogP contribution in [0.25, 0.3) is 0 Å². The number of nitrogens with zero attached hydrogens (tertiary/aromatic N) is 1. The van der Waals surface area contributed by atoms with Crippen molar-refractivity contribution in [3.8, 4) is 5.88 Å². The van der Waals surface area contributed by atoms with Gasteiger partial charge in [-0.15, -0.1) is 0 Å². The van der Waals surface area contributed by atoms with Crippen molar-refractivity contribution < 1.29 is 18.7 Å². The minimum Gasteiger partial charge on any atom is -0.479 e. The van der Waals surface area contributed by atoms with Crippen molar-refractivity contribution in [1.29, 1.82) is 0 Å². The normalized spacial score (nSPS) is 10.2. The van der Waals surface area contributed by atoms with Crippen LogP contribution < -0.4 is 10.1 Å². The second-order valence-electron chi connectivity index (χ2n) is 3.83. The molecule has 0 saturated carbocycles. The van der Waals surface area contributed by atoms with Gasteiger partial charge in [-0.3, -0.25) is 5.32 Å². The summed E-state index contributed by atoms with van der Waals surface area (Å²) in [6.45, 7) is 4.14. The molecule has 17 heavy (non-hydrogen) atoms. The highest BCUT2D eigenvalue weighted by atomic mass is 19.1. The molecule has 6 heteroatoms. The summed E-state index contributed by atoms with van der Waals surface area (Å²) in [6, 6.07) is 1.11. The molecule has 1 N–H and O–H groups in total. The summed E-state index contributed by atoms with van der Waals surface area (Å²) in [6.07, 6.45) is 0.656.